The molecule has 0 aliphatic carbocycles. The Morgan fingerprint density at radius 2 is 2.06 bits per heavy atom. The number of rotatable bonds is 4. The van der Waals surface area contributed by atoms with E-state index in [1.165, 1.54) is 18.4 Å². The van der Waals surface area contributed by atoms with Gasteiger partial charge in [0.25, 0.3) is 0 Å². The van der Waals surface area contributed by atoms with Gasteiger partial charge in [-0.05, 0) is 69.8 Å². The molecule has 1 saturated heterocycles. The first-order chi connectivity index (χ1) is 8.65. The third-order valence-corrected chi connectivity index (χ3v) is 3.42. The Balaban J connectivity index is 2.03. The van der Waals surface area contributed by atoms with Gasteiger partial charge in [0.05, 0.1) is 11.8 Å². The minimum absolute atomic E-state index is 0.168. The molecule has 0 spiro atoms. The summed E-state index contributed by atoms with van der Waals surface area (Å²) in [5.41, 5.74) is 8.01. The summed E-state index contributed by atoms with van der Waals surface area (Å²) in [6.07, 6.45) is 3.84. The van der Waals surface area contributed by atoms with Crippen molar-refractivity contribution in [1.82, 2.24) is 5.32 Å². The standard InChI is InChI=1S/C15H24N2O/c1-11(2)18-15-10-13(3-4-14(15)16)9-12-5-7-17-8-6-12/h3-4,10-12,17H,5-9,16H2,1-2H3. The highest BCUT2D eigenvalue weighted by Crippen LogP contribution is 2.26. The number of benzene rings is 1. The van der Waals surface area contributed by atoms with Crippen molar-refractivity contribution in [3.05, 3.63) is 23.8 Å². The monoisotopic (exact) mass is 248 g/mol. The number of hydrogen-bond acceptors (Lipinski definition) is 3. The molecule has 2 rings (SSSR count). The second-order valence-electron chi connectivity index (χ2n) is 5.44. The molecule has 1 fully saturated rings. The average Bonchev–Trinajstić information content (AvgIpc) is 2.34. The normalized spacial score (nSPS) is 17.1. The van der Waals surface area contributed by atoms with Gasteiger partial charge in [0.2, 0.25) is 0 Å². The van der Waals surface area contributed by atoms with E-state index in [0.29, 0.717) is 0 Å². The molecule has 0 saturated carbocycles. The Labute approximate surface area is 110 Å². The summed E-state index contributed by atoms with van der Waals surface area (Å²) >= 11 is 0. The second-order valence-corrected chi connectivity index (χ2v) is 5.44. The zero-order chi connectivity index (χ0) is 13.0. The number of nitrogens with one attached hydrogen (secondary N) is 1. The molecule has 3 heteroatoms. The molecule has 0 amide bonds. The molecule has 0 unspecified atom stereocenters. The van der Waals surface area contributed by atoms with E-state index >= 15 is 0 Å². The molecule has 1 aliphatic rings. The summed E-state index contributed by atoms with van der Waals surface area (Å²) in [7, 11) is 0. The predicted octanol–water partition coefficient (Wildman–Crippen LogP) is 2.60. The first-order valence-corrected chi connectivity index (χ1v) is 6.91. The smallest absolute Gasteiger partial charge is 0.142 e. The zero-order valence-corrected chi connectivity index (χ0v) is 11.4. The van der Waals surface area contributed by atoms with E-state index in [1.807, 2.05) is 19.9 Å². The van der Waals surface area contributed by atoms with Gasteiger partial charge in [-0.1, -0.05) is 6.07 Å². The highest BCUT2D eigenvalue weighted by Gasteiger charge is 2.14. The number of nitrogens with two attached hydrogens (primary N) is 1. The summed E-state index contributed by atoms with van der Waals surface area (Å²) in [6, 6.07) is 6.20. The van der Waals surface area contributed by atoms with Crippen LogP contribution in [0.3, 0.4) is 0 Å². The van der Waals surface area contributed by atoms with Crippen LogP contribution in [0.2, 0.25) is 0 Å². The lowest BCUT2D eigenvalue weighted by Gasteiger charge is -2.23. The van der Waals surface area contributed by atoms with Crippen LogP contribution in [0.25, 0.3) is 0 Å². The van der Waals surface area contributed by atoms with Crippen LogP contribution >= 0.6 is 0 Å². The molecule has 3 nitrogen and oxygen atoms in total. The maximum absolute atomic E-state index is 5.94. The third-order valence-electron chi connectivity index (χ3n) is 3.42. The van der Waals surface area contributed by atoms with Crippen LogP contribution in [-0.4, -0.2) is 19.2 Å². The van der Waals surface area contributed by atoms with E-state index in [9.17, 15) is 0 Å². The molecule has 1 aromatic carbocycles. The van der Waals surface area contributed by atoms with E-state index < -0.39 is 0 Å². The van der Waals surface area contributed by atoms with Crippen molar-refractivity contribution in [3.8, 4) is 5.75 Å². The highest BCUT2D eigenvalue weighted by atomic mass is 16.5. The molecule has 3 N–H and O–H groups in total. The van der Waals surface area contributed by atoms with Gasteiger partial charge in [0.15, 0.2) is 0 Å². The van der Waals surface area contributed by atoms with Crippen LogP contribution < -0.4 is 15.8 Å². The highest BCUT2D eigenvalue weighted by molar-refractivity contribution is 5.54. The summed E-state index contributed by atoms with van der Waals surface area (Å²) < 4.78 is 5.74. The van der Waals surface area contributed by atoms with Crippen molar-refractivity contribution in [2.24, 2.45) is 5.92 Å². The van der Waals surface area contributed by atoms with Crippen molar-refractivity contribution in [2.45, 2.75) is 39.2 Å². The third kappa shape index (κ3) is 3.64. The van der Waals surface area contributed by atoms with Crippen molar-refractivity contribution in [1.29, 1.82) is 0 Å². The molecule has 0 aromatic heterocycles. The van der Waals surface area contributed by atoms with E-state index in [0.717, 1.165) is 36.9 Å². The first kappa shape index (κ1) is 13.2. The Hall–Kier alpha value is -1.22. The molecule has 0 atom stereocenters. The molecule has 0 radical (unpaired) electrons. The zero-order valence-electron chi connectivity index (χ0n) is 11.4. The van der Waals surface area contributed by atoms with Gasteiger partial charge in [-0.3, -0.25) is 0 Å². The average molecular weight is 248 g/mol. The Morgan fingerprint density at radius 3 is 2.72 bits per heavy atom. The summed E-state index contributed by atoms with van der Waals surface area (Å²) in [4.78, 5) is 0. The fourth-order valence-electron chi connectivity index (χ4n) is 2.48. The van der Waals surface area contributed by atoms with Gasteiger partial charge >= 0.3 is 0 Å². The van der Waals surface area contributed by atoms with E-state index in [1.54, 1.807) is 0 Å². The SMILES string of the molecule is CC(C)Oc1cc(CC2CCNCC2)ccc1N. The Bertz CT molecular complexity index is 384. The van der Waals surface area contributed by atoms with Crippen LogP contribution in [0.5, 0.6) is 5.75 Å². The number of piperidine rings is 1. The van der Waals surface area contributed by atoms with Crippen molar-refractivity contribution in [3.63, 3.8) is 0 Å². The molecule has 1 aromatic rings. The summed E-state index contributed by atoms with van der Waals surface area (Å²) in [6.45, 7) is 6.35. The number of hydrogen-bond donors (Lipinski definition) is 2. The molecular weight excluding hydrogens is 224 g/mol. The van der Waals surface area contributed by atoms with Crippen LogP contribution in [0.1, 0.15) is 32.3 Å². The minimum atomic E-state index is 0.168. The molecular formula is C15H24N2O. The van der Waals surface area contributed by atoms with Crippen LogP contribution in [0.15, 0.2) is 18.2 Å². The van der Waals surface area contributed by atoms with Gasteiger partial charge in [0, 0.05) is 0 Å². The lowest BCUT2D eigenvalue weighted by molar-refractivity contribution is 0.243. The Morgan fingerprint density at radius 1 is 1.33 bits per heavy atom. The largest absolute Gasteiger partial charge is 0.489 e. The second kappa shape index (κ2) is 6.10. The van der Waals surface area contributed by atoms with Crippen LogP contribution in [0.4, 0.5) is 5.69 Å². The lowest BCUT2D eigenvalue weighted by Crippen LogP contribution is -2.28. The maximum Gasteiger partial charge on any atom is 0.142 e. The van der Waals surface area contributed by atoms with Gasteiger partial charge in [-0.2, -0.15) is 0 Å². The number of nitrogen functional groups attached to an aromatic ring is 1. The Kier molecular flexibility index (Phi) is 4.48. The summed E-state index contributed by atoms with van der Waals surface area (Å²) in [5.74, 6) is 1.62. The van der Waals surface area contributed by atoms with Gasteiger partial charge in [-0.25, -0.2) is 0 Å². The molecule has 1 aliphatic heterocycles. The topological polar surface area (TPSA) is 47.3 Å². The van der Waals surface area contributed by atoms with E-state index in [4.69, 9.17) is 10.5 Å². The van der Waals surface area contributed by atoms with Gasteiger partial charge < -0.3 is 15.8 Å². The maximum atomic E-state index is 5.94. The quantitative estimate of drug-likeness (QED) is 0.805. The lowest BCUT2D eigenvalue weighted by atomic mass is 9.91. The van der Waals surface area contributed by atoms with Crippen LogP contribution in [0, 0.1) is 5.92 Å². The minimum Gasteiger partial charge on any atom is -0.489 e. The van der Waals surface area contributed by atoms with Gasteiger partial charge in [-0.15, -0.1) is 0 Å². The van der Waals surface area contributed by atoms with Gasteiger partial charge in [0.1, 0.15) is 5.75 Å². The predicted molar refractivity (Wildman–Crippen MR) is 75.9 cm³/mol. The number of ether oxygens (including phenoxy) is 1. The fraction of sp³-hybridized carbons (Fsp3) is 0.600. The van der Waals surface area contributed by atoms with E-state index in [-0.39, 0.29) is 6.10 Å². The van der Waals surface area contributed by atoms with Crippen molar-refractivity contribution in [2.75, 3.05) is 18.8 Å². The summed E-state index contributed by atoms with van der Waals surface area (Å²) in [5, 5.41) is 3.40. The molecule has 0 bridgehead atoms. The number of anilines is 1. The fourth-order valence-corrected chi connectivity index (χ4v) is 2.48. The molecule has 1 heterocycles. The molecule has 100 valence electrons. The van der Waals surface area contributed by atoms with Crippen molar-refractivity contribution < 1.29 is 4.74 Å². The van der Waals surface area contributed by atoms with Crippen LogP contribution in [-0.2, 0) is 6.42 Å². The van der Waals surface area contributed by atoms with Crippen molar-refractivity contribution >= 4 is 5.69 Å². The molecule has 18 heavy (non-hydrogen) atoms. The first-order valence-electron chi connectivity index (χ1n) is 6.91. The van der Waals surface area contributed by atoms with E-state index in [2.05, 4.69) is 17.4 Å².